The van der Waals surface area contributed by atoms with Crippen molar-refractivity contribution in [3.63, 3.8) is 0 Å². The minimum absolute atomic E-state index is 0.00453. The van der Waals surface area contributed by atoms with E-state index in [0.717, 1.165) is 4.90 Å². The van der Waals surface area contributed by atoms with E-state index < -0.39 is 19.7 Å². The Morgan fingerprint density at radius 1 is 0.897 bits per heavy atom. The molecule has 0 aliphatic carbocycles. The number of carbonyl (C=O) groups is 1. The van der Waals surface area contributed by atoms with Crippen molar-refractivity contribution >= 4 is 37.3 Å². The van der Waals surface area contributed by atoms with Gasteiger partial charge in [-0.05, 0) is 25.0 Å². The van der Waals surface area contributed by atoms with E-state index in [2.05, 4.69) is 4.90 Å². The molecule has 0 saturated carbocycles. The Bertz CT molecular complexity index is 985. The molecule has 0 unspecified atom stereocenters. The van der Waals surface area contributed by atoms with Crippen molar-refractivity contribution in [3.8, 4) is 0 Å². The second kappa shape index (κ2) is 8.20. The highest BCUT2D eigenvalue weighted by Crippen LogP contribution is 2.33. The minimum Gasteiger partial charge on any atom is -0.336 e. The molecular formula is C19H26N2O5S3. The molecule has 1 aromatic rings. The monoisotopic (exact) mass is 458 g/mol. The van der Waals surface area contributed by atoms with Crippen molar-refractivity contribution in [1.82, 2.24) is 9.80 Å². The number of hydrogen-bond acceptors (Lipinski definition) is 7. The molecule has 0 N–H and O–H groups in total. The van der Waals surface area contributed by atoms with E-state index in [-0.39, 0.29) is 40.2 Å². The first kappa shape index (κ1) is 21.1. The average molecular weight is 459 g/mol. The molecule has 4 rings (SSSR count). The van der Waals surface area contributed by atoms with Gasteiger partial charge in [-0.25, -0.2) is 16.8 Å². The number of piperazine rings is 1. The Morgan fingerprint density at radius 2 is 1.55 bits per heavy atom. The molecular weight excluding hydrogens is 432 g/mol. The molecule has 3 fully saturated rings. The molecule has 10 heteroatoms. The van der Waals surface area contributed by atoms with Gasteiger partial charge in [-0.2, -0.15) is 0 Å². The van der Waals surface area contributed by atoms with Crippen LogP contribution >= 0.6 is 11.8 Å². The Balaban J connectivity index is 1.39. The van der Waals surface area contributed by atoms with Gasteiger partial charge in [-0.15, -0.1) is 11.8 Å². The maximum Gasteiger partial charge on any atom is 0.255 e. The molecule has 7 nitrogen and oxygen atoms in total. The molecule has 0 spiro atoms. The van der Waals surface area contributed by atoms with E-state index in [1.165, 1.54) is 11.8 Å². The highest BCUT2D eigenvalue weighted by molar-refractivity contribution is 8.02. The molecule has 3 aliphatic heterocycles. The number of thioether (sulfide) groups is 1. The normalized spacial score (nSPS) is 29.2. The van der Waals surface area contributed by atoms with E-state index in [0.29, 0.717) is 44.6 Å². The number of carbonyl (C=O) groups excluding carboxylic acids is 1. The lowest BCUT2D eigenvalue weighted by molar-refractivity contribution is 0.0584. The van der Waals surface area contributed by atoms with E-state index in [9.17, 15) is 21.6 Å². The van der Waals surface area contributed by atoms with Crippen LogP contribution in [0, 0.1) is 0 Å². The summed E-state index contributed by atoms with van der Waals surface area (Å²) in [6, 6.07) is 7.49. The first-order valence-electron chi connectivity index (χ1n) is 9.92. The van der Waals surface area contributed by atoms with Gasteiger partial charge in [-0.3, -0.25) is 9.69 Å². The molecule has 0 aromatic heterocycles. The van der Waals surface area contributed by atoms with Crippen LogP contribution < -0.4 is 0 Å². The average Bonchev–Trinajstić information content (AvgIpc) is 3.22. The van der Waals surface area contributed by atoms with Crippen molar-refractivity contribution in [2.24, 2.45) is 0 Å². The van der Waals surface area contributed by atoms with Crippen molar-refractivity contribution in [2.45, 2.75) is 29.0 Å². The highest BCUT2D eigenvalue weighted by Gasteiger charge is 2.35. The topological polar surface area (TPSA) is 91.8 Å². The van der Waals surface area contributed by atoms with Gasteiger partial charge in [0.2, 0.25) is 0 Å². The second-order valence-electron chi connectivity index (χ2n) is 8.02. The van der Waals surface area contributed by atoms with Gasteiger partial charge in [0.15, 0.2) is 19.7 Å². The Hall–Kier alpha value is -1.10. The molecule has 1 aromatic carbocycles. The lowest BCUT2D eigenvalue weighted by Crippen LogP contribution is -2.52. The zero-order valence-corrected chi connectivity index (χ0v) is 18.6. The SMILES string of the molecule is O=C(c1ccccc1S[C@@H]1CCS(=O)(=O)C1)N1CCN([C@H]2CCS(=O)(=O)C2)CC1. The number of nitrogens with zero attached hydrogens (tertiary/aromatic N) is 2. The highest BCUT2D eigenvalue weighted by atomic mass is 32.2. The summed E-state index contributed by atoms with van der Waals surface area (Å²) in [4.78, 5) is 18.0. The summed E-state index contributed by atoms with van der Waals surface area (Å²) >= 11 is 1.49. The van der Waals surface area contributed by atoms with Gasteiger partial charge < -0.3 is 4.90 Å². The molecule has 29 heavy (non-hydrogen) atoms. The van der Waals surface area contributed by atoms with Crippen molar-refractivity contribution in [1.29, 1.82) is 0 Å². The second-order valence-corrected chi connectivity index (χ2v) is 13.8. The lowest BCUT2D eigenvalue weighted by atomic mass is 10.1. The number of benzene rings is 1. The third-order valence-electron chi connectivity index (χ3n) is 5.93. The fraction of sp³-hybridized carbons (Fsp3) is 0.632. The minimum atomic E-state index is -2.96. The van der Waals surface area contributed by atoms with Gasteiger partial charge >= 0.3 is 0 Å². The summed E-state index contributed by atoms with van der Waals surface area (Å²) in [5, 5.41) is -0.00453. The maximum atomic E-state index is 13.1. The Kier molecular flexibility index (Phi) is 5.98. The van der Waals surface area contributed by atoms with Crippen LogP contribution in [-0.2, 0) is 19.7 Å². The standard InChI is InChI=1S/C19H26N2O5S3/c22-19(21-9-7-20(8-10-21)15-5-11-28(23,24)13-15)17-3-1-2-4-18(17)27-16-6-12-29(25,26)14-16/h1-4,15-16H,5-14H2/t15-,16+/m0/s1. The summed E-state index contributed by atoms with van der Waals surface area (Å²) < 4.78 is 47.0. The van der Waals surface area contributed by atoms with Gasteiger partial charge in [0, 0.05) is 42.4 Å². The van der Waals surface area contributed by atoms with E-state index >= 15 is 0 Å². The van der Waals surface area contributed by atoms with Crippen LogP contribution in [0.3, 0.4) is 0 Å². The largest absolute Gasteiger partial charge is 0.336 e. The summed E-state index contributed by atoms with van der Waals surface area (Å²) in [6.45, 7) is 2.52. The summed E-state index contributed by atoms with van der Waals surface area (Å²) in [7, 11) is -5.87. The first-order chi connectivity index (χ1) is 13.7. The lowest BCUT2D eigenvalue weighted by Gasteiger charge is -2.37. The van der Waals surface area contributed by atoms with Crippen LogP contribution in [-0.4, -0.2) is 93.0 Å². The quantitative estimate of drug-likeness (QED) is 0.662. The maximum absolute atomic E-state index is 13.1. The predicted octanol–water partition coefficient (Wildman–Crippen LogP) is 0.911. The molecule has 3 saturated heterocycles. The van der Waals surface area contributed by atoms with Gasteiger partial charge in [0.05, 0.1) is 28.6 Å². The fourth-order valence-electron chi connectivity index (χ4n) is 4.30. The van der Waals surface area contributed by atoms with Crippen molar-refractivity contribution < 1.29 is 21.6 Å². The van der Waals surface area contributed by atoms with E-state index in [1.807, 2.05) is 29.2 Å². The summed E-state index contributed by atoms with van der Waals surface area (Å²) in [5.74, 6) is 0.846. The van der Waals surface area contributed by atoms with E-state index in [1.54, 1.807) is 0 Å². The number of sulfone groups is 2. The van der Waals surface area contributed by atoms with Crippen molar-refractivity contribution in [2.75, 3.05) is 49.2 Å². The fourth-order valence-corrected chi connectivity index (χ4v) is 9.69. The number of hydrogen-bond donors (Lipinski definition) is 0. The molecule has 2 atom stereocenters. The summed E-state index contributed by atoms with van der Waals surface area (Å²) in [5.41, 5.74) is 0.624. The van der Waals surface area contributed by atoms with Crippen LogP contribution in [0.25, 0.3) is 0 Å². The van der Waals surface area contributed by atoms with Crippen LogP contribution in [0.2, 0.25) is 0 Å². The number of rotatable bonds is 4. The van der Waals surface area contributed by atoms with Crippen LogP contribution in [0.5, 0.6) is 0 Å². The van der Waals surface area contributed by atoms with Gasteiger partial charge in [-0.1, -0.05) is 12.1 Å². The molecule has 3 heterocycles. The zero-order valence-electron chi connectivity index (χ0n) is 16.2. The molecule has 0 radical (unpaired) electrons. The zero-order chi connectivity index (χ0) is 20.6. The smallest absolute Gasteiger partial charge is 0.255 e. The van der Waals surface area contributed by atoms with E-state index in [4.69, 9.17) is 0 Å². The number of amides is 1. The molecule has 160 valence electrons. The van der Waals surface area contributed by atoms with Gasteiger partial charge in [0.25, 0.3) is 5.91 Å². The molecule has 1 amide bonds. The van der Waals surface area contributed by atoms with Crippen LogP contribution in [0.4, 0.5) is 0 Å². The molecule has 3 aliphatic rings. The Morgan fingerprint density at radius 3 is 2.17 bits per heavy atom. The molecule has 0 bridgehead atoms. The summed E-state index contributed by atoms with van der Waals surface area (Å²) in [6.07, 6.45) is 1.30. The van der Waals surface area contributed by atoms with Crippen molar-refractivity contribution in [3.05, 3.63) is 29.8 Å². The van der Waals surface area contributed by atoms with Crippen LogP contribution in [0.1, 0.15) is 23.2 Å². The Labute approximate surface area is 176 Å². The third kappa shape index (κ3) is 4.98. The third-order valence-corrected chi connectivity index (χ3v) is 11.0. The van der Waals surface area contributed by atoms with Crippen LogP contribution in [0.15, 0.2) is 29.2 Å². The van der Waals surface area contributed by atoms with Gasteiger partial charge in [0.1, 0.15) is 0 Å². The predicted molar refractivity (Wildman–Crippen MR) is 114 cm³/mol. The first-order valence-corrected chi connectivity index (χ1v) is 14.4.